The van der Waals surface area contributed by atoms with Crippen LogP contribution in [-0.4, -0.2) is 64.2 Å². The molecular formula is C19H22FN3O5S2. The van der Waals surface area contributed by atoms with Gasteiger partial charge in [-0.15, -0.1) is 0 Å². The Kier molecular flexibility index (Phi) is 6.56. The summed E-state index contributed by atoms with van der Waals surface area (Å²) in [6.45, 7) is 1.80. The Morgan fingerprint density at radius 1 is 0.933 bits per heavy atom. The van der Waals surface area contributed by atoms with Crippen molar-refractivity contribution >= 4 is 26.0 Å². The molecule has 0 spiro atoms. The zero-order chi connectivity index (χ0) is 21.9. The van der Waals surface area contributed by atoms with E-state index in [0.717, 1.165) is 12.1 Å². The van der Waals surface area contributed by atoms with Gasteiger partial charge in [0.05, 0.1) is 10.9 Å². The van der Waals surface area contributed by atoms with Gasteiger partial charge in [0, 0.05) is 26.2 Å². The van der Waals surface area contributed by atoms with Crippen molar-refractivity contribution in [1.29, 1.82) is 0 Å². The fourth-order valence-electron chi connectivity index (χ4n) is 3.17. The highest BCUT2D eigenvalue weighted by Gasteiger charge is 2.33. The lowest BCUT2D eigenvalue weighted by Gasteiger charge is -2.35. The maximum atomic E-state index is 13.8. The molecule has 1 atom stereocenters. The van der Waals surface area contributed by atoms with Gasteiger partial charge in [-0.3, -0.25) is 4.79 Å². The molecule has 1 saturated heterocycles. The molecule has 1 aliphatic heterocycles. The van der Waals surface area contributed by atoms with Crippen LogP contribution in [0.3, 0.4) is 0 Å². The van der Waals surface area contributed by atoms with Gasteiger partial charge in [0.25, 0.3) is 0 Å². The van der Waals surface area contributed by atoms with Gasteiger partial charge in [0.2, 0.25) is 26.0 Å². The summed E-state index contributed by atoms with van der Waals surface area (Å²) >= 11 is 0. The monoisotopic (exact) mass is 455 g/mol. The predicted octanol–water partition coefficient (Wildman–Crippen LogP) is 1.03. The van der Waals surface area contributed by atoms with Gasteiger partial charge in [-0.05, 0) is 31.2 Å². The van der Waals surface area contributed by atoms with Crippen LogP contribution in [0.15, 0.2) is 64.4 Å². The third-order valence-electron chi connectivity index (χ3n) is 4.76. The molecular weight excluding hydrogens is 433 g/mol. The quantitative estimate of drug-likeness (QED) is 0.701. The molecule has 30 heavy (non-hydrogen) atoms. The number of piperazine rings is 1. The van der Waals surface area contributed by atoms with Crippen LogP contribution >= 0.6 is 0 Å². The highest BCUT2D eigenvalue weighted by molar-refractivity contribution is 7.89. The van der Waals surface area contributed by atoms with E-state index in [4.69, 9.17) is 0 Å². The molecule has 1 amide bonds. The zero-order valence-electron chi connectivity index (χ0n) is 16.2. The fraction of sp³-hybridized carbons (Fsp3) is 0.316. The zero-order valence-corrected chi connectivity index (χ0v) is 17.9. The highest BCUT2D eigenvalue weighted by atomic mass is 32.2. The molecule has 0 saturated carbocycles. The van der Waals surface area contributed by atoms with Gasteiger partial charge >= 0.3 is 0 Å². The minimum Gasteiger partial charge on any atom is -0.339 e. The molecule has 3 rings (SSSR count). The van der Waals surface area contributed by atoms with Crippen molar-refractivity contribution < 1.29 is 26.0 Å². The number of nitrogens with one attached hydrogen (secondary N) is 1. The van der Waals surface area contributed by atoms with Crippen molar-refractivity contribution in [2.75, 3.05) is 26.2 Å². The lowest BCUT2D eigenvalue weighted by molar-refractivity contribution is -0.133. The minimum absolute atomic E-state index is 0.0930. The first kappa shape index (κ1) is 22.3. The molecule has 2 aromatic carbocycles. The van der Waals surface area contributed by atoms with Gasteiger partial charge in [0.1, 0.15) is 10.7 Å². The fourth-order valence-corrected chi connectivity index (χ4v) is 5.89. The van der Waals surface area contributed by atoms with Crippen LogP contribution in [0, 0.1) is 5.82 Å². The van der Waals surface area contributed by atoms with Gasteiger partial charge in [-0.2, -0.15) is 9.03 Å². The first-order valence-corrected chi connectivity index (χ1v) is 12.2. The van der Waals surface area contributed by atoms with Crippen LogP contribution < -0.4 is 4.72 Å². The Balaban J connectivity index is 1.63. The van der Waals surface area contributed by atoms with Crippen molar-refractivity contribution in [3.8, 4) is 0 Å². The molecule has 0 aliphatic carbocycles. The number of halogens is 1. The Bertz CT molecular complexity index is 1120. The highest BCUT2D eigenvalue weighted by Crippen LogP contribution is 2.18. The molecule has 162 valence electrons. The van der Waals surface area contributed by atoms with Crippen molar-refractivity contribution in [3.05, 3.63) is 60.4 Å². The summed E-state index contributed by atoms with van der Waals surface area (Å²) in [5.41, 5.74) is 0. The number of carbonyl (C=O) groups excluding carboxylic acids is 1. The van der Waals surface area contributed by atoms with Gasteiger partial charge in [-0.25, -0.2) is 21.2 Å². The number of sulfonamides is 2. The van der Waals surface area contributed by atoms with Gasteiger partial charge < -0.3 is 4.90 Å². The Hall–Kier alpha value is -2.34. The molecule has 0 unspecified atom stereocenters. The van der Waals surface area contributed by atoms with Crippen molar-refractivity contribution in [1.82, 2.24) is 13.9 Å². The van der Waals surface area contributed by atoms with E-state index in [0.29, 0.717) is 0 Å². The number of rotatable bonds is 6. The summed E-state index contributed by atoms with van der Waals surface area (Å²) in [5.74, 6) is -1.42. The lowest BCUT2D eigenvalue weighted by Crippen LogP contribution is -2.55. The topological polar surface area (TPSA) is 104 Å². The summed E-state index contributed by atoms with van der Waals surface area (Å²) in [4.78, 5) is 13.7. The van der Waals surface area contributed by atoms with E-state index in [9.17, 15) is 26.0 Å². The molecule has 1 heterocycles. The summed E-state index contributed by atoms with van der Waals surface area (Å²) in [6, 6.07) is 11.8. The summed E-state index contributed by atoms with van der Waals surface area (Å²) in [5, 5.41) is 0. The third kappa shape index (κ3) is 4.69. The van der Waals surface area contributed by atoms with Gasteiger partial charge in [0.15, 0.2) is 0 Å². The molecule has 0 aromatic heterocycles. The number of benzene rings is 2. The average Bonchev–Trinajstić information content (AvgIpc) is 2.73. The Labute approximate surface area is 175 Å². The standard InChI is InChI=1S/C19H22FN3O5S2/c1-15(21-29(25,26)18-10-6-5-9-17(18)20)19(24)22-11-13-23(14-12-22)30(27,28)16-7-3-2-4-8-16/h2-10,15,21H,11-14H2,1H3/t15-/m0/s1. The number of hydrogen-bond acceptors (Lipinski definition) is 5. The SMILES string of the molecule is C[C@H](NS(=O)(=O)c1ccccc1F)C(=O)N1CCN(S(=O)(=O)c2ccccc2)CC1. The van der Waals surface area contributed by atoms with E-state index >= 15 is 0 Å². The summed E-state index contributed by atoms with van der Waals surface area (Å²) in [7, 11) is -7.88. The van der Waals surface area contributed by atoms with Crippen LogP contribution in [0.25, 0.3) is 0 Å². The molecule has 0 radical (unpaired) electrons. The lowest BCUT2D eigenvalue weighted by atomic mass is 10.2. The maximum absolute atomic E-state index is 13.8. The first-order chi connectivity index (χ1) is 14.1. The van der Waals surface area contributed by atoms with Crippen molar-refractivity contribution in [2.45, 2.75) is 22.8 Å². The second-order valence-corrected chi connectivity index (χ2v) is 10.4. The van der Waals surface area contributed by atoms with Gasteiger partial charge in [-0.1, -0.05) is 30.3 Å². The Morgan fingerprint density at radius 2 is 1.50 bits per heavy atom. The number of nitrogens with zero attached hydrogens (tertiary/aromatic N) is 2. The first-order valence-electron chi connectivity index (χ1n) is 9.24. The molecule has 1 N–H and O–H groups in total. The number of hydrogen-bond donors (Lipinski definition) is 1. The largest absolute Gasteiger partial charge is 0.339 e. The van der Waals surface area contributed by atoms with Crippen LogP contribution in [0.2, 0.25) is 0 Å². The molecule has 0 bridgehead atoms. The van der Waals surface area contributed by atoms with E-state index in [2.05, 4.69) is 4.72 Å². The second-order valence-electron chi connectivity index (χ2n) is 6.82. The molecule has 1 aliphatic rings. The molecule has 8 nitrogen and oxygen atoms in total. The van der Waals surface area contributed by atoms with E-state index in [1.807, 2.05) is 0 Å². The van der Waals surface area contributed by atoms with Crippen LogP contribution in [-0.2, 0) is 24.8 Å². The van der Waals surface area contributed by atoms with Crippen LogP contribution in [0.1, 0.15) is 6.92 Å². The summed E-state index contributed by atoms with van der Waals surface area (Å²) in [6.07, 6.45) is 0. The van der Waals surface area contributed by atoms with Crippen molar-refractivity contribution in [2.24, 2.45) is 0 Å². The average molecular weight is 456 g/mol. The number of amides is 1. The van der Waals surface area contributed by atoms with Crippen LogP contribution in [0.5, 0.6) is 0 Å². The summed E-state index contributed by atoms with van der Waals surface area (Å²) < 4.78 is 67.4. The Morgan fingerprint density at radius 3 is 2.10 bits per heavy atom. The molecule has 11 heteroatoms. The predicted molar refractivity (Wildman–Crippen MR) is 108 cm³/mol. The van der Waals surface area contributed by atoms with E-state index in [-0.39, 0.29) is 31.1 Å². The molecule has 2 aromatic rings. The normalized spacial score (nSPS) is 16.9. The maximum Gasteiger partial charge on any atom is 0.244 e. The van der Waals surface area contributed by atoms with E-state index in [1.54, 1.807) is 18.2 Å². The smallest absolute Gasteiger partial charge is 0.244 e. The second kappa shape index (κ2) is 8.80. The van der Waals surface area contributed by atoms with Crippen LogP contribution in [0.4, 0.5) is 4.39 Å². The van der Waals surface area contributed by atoms with E-state index in [1.165, 1.54) is 40.4 Å². The number of carbonyl (C=O) groups is 1. The minimum atomic E-state index is -4.22. The van der Waals surface area contributed by atoms with Crippen molar-refractivity contribution in [3.63, 3.8) is 0 Å². The third-order valence-corrected chi connectivity index (χ3v) is 8.25. The van der Waals surface area contributed by atoms with E-state index < -0.39 is 42.7 Å². The molecule has 1 fully saturated rings.